The van der Waals surface area contributed by atoms with Crippen LogP contribution in [0.5, 0.6) is 0 Å². The lowest BCUT2D eigenvalue weighted by molar-refractivity contribution is 0.198. The molecule has 2 atom stereocenters. The zero-order chi connectivity index (χ0) is 14.6. The number of nitrogens with zero attached hydrogens (tertiary/aromatic N) is 1. The third kappa shape index (κ3) is 3.48. The van der Waals surface area contributed by atoms with Crippen molar-refractivity contribution in [3.8, 4) is 0 Å². The standard InChI is InChI=1S/C15H22N2O2S/c1-13-6-5-9-15(12-16)17(13)20(18,19)11-10-14-7-3-2-4-8-14/h2-4,7-8,10-11,13,15H,5-6,9,12,16H2,1H3. The van der Waals surface area contributed by atoms with Crippen LogP contribution in [0.25, 0.3) is 6.08 Å². The summed E-state index contributed by atoms with van der Waals surface area (Å²) in [6, 6.07) is 9.38. The molecule has 1 saturated heterocycles. The molecule has 1 aliphatic heterocycles. The maximum Gasteiger partial charge on any atom is 0.236 e. The van der Waals surface area contributed by atoms with E-state index in [0.29, 0.717) is 6.54 Å². The molecule has 2 N–H and O–H groups in total. The zero-order valence-corrected chi connectivity index (χ0v) is 12.6. The predicted molar refractivity (Wildman–Crippen MR) is 82.4 cm³/mol. The van der Waals surface area contributed by atoms with Gasteiger partial charge in [0.25, 0.3) is 0 Å². The summed E-state index contributed by atoms with van der Waals surface area (Å²) in [5, 5.41) is 1.30. The molecule has 2 unspecified atom stereocenters. The third-order valence-electron chi connectivity index (χ3n) is 3.75. The summed E-state index contributed by atoms with van der Waals surface area (Å²) in [4.78, 5) is 0. The summed E-state index contributed by atoms with van der Waals surface area (Å²) in [6.45, 7) is 2.33. The summed E-state index contributed by atoms with van der Waals surface area (Å²) < 4.78 is 26.6. The van der Waals surface area contributed by atoms with E-state index < -0.39 is 10.0 Å². The van der Waals surface area contributed by atoms with Crippen LogP contribution in [0, 0.1) is 0 Å². The number of sulfonamides is 1. The molecular weight excluding hydrogens is 272 g/mol. The van der Waals surface area contributed by atoms with Gasteiger partial charge in [0, 0.05) is 24.0 Å². The SMILES string of the molecule is CC1CCCC(CN)N1S(=O)(=O)C=Cc1ccccc1. The fourth-order valence-corrected chi connectivity index (χ4v) is 4.43. The minimum absolute atomic E-state index is 0.0164. The van der Waals surface area contributed by atoms with E-state index in [1.54, 1.807) is 10.4 Å². The van der Waals surface area contributed by atoms with Gasteiger partial charge in [-0.3, -0.25) is 0 Å². The summed E-state index contributed by atoms with van der Waals surface area (Å²) in [7, 11) is -3.42. The molecule has 1 heterocycles. The first-order chi connectivity index (χ1) is 9.54. The van der Waals surface area contributed by atoms with Gasteiger partial charge in [-0.2, -0.15) is 4.31 Å². The topological polar surface area (TPSA) is 63.4 Å². The van der Waals surface area contributed by atoms with Crippen molar-refractivity contribution in [2.24, 2.45) is 5.73 Å². The smallest absolute Gasteiger partial charge is 0.236 e. The summed E-state index contributed by atoms with van der Waals surface area (Å²) >= 11 is 0. The fraction of sp³-hybridized carbons (Fsp3) is 0.467. The van der Waals surface area contributed by atoms with Crippen molar-refractivity contribution in [3.05, 3.63) is 41.3 Å². The second-order valence-electron chi connectivity index (χ2n) is 5.26. The van der Waals surface area contributed by atoms with Crippen LogP contribution in [0.2, 0.25) is 0 Å². The Morgan fingerprint density at radius 1 is 1.30 bits per heavy atom. The van der Waals surface area contributed by atoms with Crippen LogP contribution in [0.15, 0.2) is 35.7 Å². The van der Waals surface area contributed by atoms with Crippen molar-refractivity contribution >= 4 is 16.1 Å². The Hall–Kier alpha value is -1.17. The Morgan fingerprint density at radius 3 is 2.65 bits per heavy atom. The van der Waals surface area contributed by atoms with Crippen LogP contribution < -0.4 is 5.73 Å². The molecular formula is C15H22N2O2S. The molecule has 20 heavy (non-hydrogen) atoms. The molecule has 0 aliphatic carbocycles. The lowest BCUT2D eigenvalue weighted by Crippen LogP contribution is -2.51. The molecule has 110 valence electrons. The number of hydrogen-bond acceptors (Lipinski definition) is 3. The van der Waals surface area contributed by atoms with E-state index in [1.165, 1.54) is 5.41 Å². The largest absolute Gasteiger partial charge is 0.329 e. The average molecular weight is 294 g/mol. The van der Waals surface area contributed by atoms with Crippen molar-refractivity contribution < 1.29 is 8.42 Å². The highest BCUT2D eigenvalue weighted by Crippen LogP contribution is 2.26. The van der Waals surface area contributed by atoms with Crippen molar-refractivity contribution in [3.63, 3.8) is 0 Å². The Morgan fingerprint density at radius 2 is 2.00 bits per heavy atom. The van der Waals surface area contributed by atoms with E-state index in [1.807, 2.05) is 37.3 Å². The van der Waals surface area contributed by atoms with E-state index in [9.17, 15) is 8.42 Å². The highest BCUT2D eigenvalue weighted by molar-refractivity contribution is 7.92. The number of piperidine rings is 1. The minimum Gasteiger partial charge on any atom is -0.329 e. The van der Waals surface area contributed by atoms with Gasteiger partial charge < -0.3 is 5.73 Å². The predicted octanol–water partition coefficient (Wildman–Crippen LogP) is 2.19. The van der Waals surface area contributed by atoms with E-state index in [2.05, 4.69) is 0 Å². The van der Waals surface area contributed by atoms with Gasteiger partial charge >= 0.3 is 0 Å². The van der Waals surface area contributed by atoms with Crippen molar-refractivity contribution in [1.82, 2.24) is 4.31 Å². The average Bonchev–Trinajstić information content (AvgIpc) is 2.45. The fourth-order valence-electron chi connectivity index (χ4n) is 2.74. The van der Waals surface area contributed by atoms with Gasteiger partial charge in [-0.05, 0) is 31.4 Å². The maximum atomic E-state index is 12.5. The molecule has 0 spiro atoms. The van der Waals surface area contributed by atoms with Gasteiger partial charge in [0.05, 0.1) is 0 Å². The summed E-state index contributed by atoms with van der Waals surface area (Å²) in [5.41, 5.74) is 6.61. The highest BCUT2D eigenvalue weighted by atomic mass is 32.2. The second kappa shape index (κ2) is 6.52. The molecule has 0 radical (unpaired) electrons. The summed E-state index contributed by atoms with van der Waals surface area (Å²) in [6.07, 6.45) is 4.43. The molecule has 1 aromatic carbocycles. The van der Waals surface area contributed by atoms with Gasteiger partial charge in [0.15, 0.2) is 0 Å². The Balaban J connectivity index is 2.22. The first-order valence-corrected chi connectivity index (χ1v) is 8.51. The maximum absolute atomic E-state index is 12.5. The monoisotopic (exact) mass is 294 g/mol. The number of nitrogens with two attached hydrogens (primary N) is 1. The molecule has 1 aromatic rings. The van der Waals surface area contributed by atoms with E-state index in [4.69, 9.17) is 5.73 Å². The van der Waals surface area contributed by atoms with Gasteiger partial charge in [0.1, 0.15) is 0 Å². The molecule has 0 bridgehead atoms. The molecule has 5 heteroatoms. The second-order valence-corrected chi connectivity index (χ2v) is 6.98. The van der Waals surface area contributed by atoms with Crippen LogP contribution in [0.4, 0.5) is 0 Å². The van der Waals surface area contributed by atoms with E-state index in [0.717, 1.165) is 24.8 Å². The Kier molecular flexibility index (Phi) is 4.96. The first kappa shape index (κ1) is 15.2. The normalized spacial score (nSPS) is 25.1. The van der Waals surface area contributed by atoms with Crippen LogP contribution in [-0.4, -0.2) is 31.4 Å². The van der Waals surface area contributed by atoms with Crippen LogP contribution in [-0.2, 0) is 10.0 Å². The zero-order valence-electron chi connectivity index (χ0n) is 11.8. The molecule has 0 amide bonds. The lowest BCUT2D eigenvalue weighted by Gasteiger charge is -2.38. The van der Waals surface area contributed by atoms with Crippen molar-refractivity contribution in [1.29, 1.82) is 0 Å². The van der Waals surface area contributed by atoms with Gasteiger partial charge in [-0.25, -0.2) is 8.42 Å². The molecule has 1 fully saturated rings. The molecule has 1 aliphatic rings. The van der Waals surface area contributed by atoms with Crippen molar-refractivity contribution in [2.45, 2.75) is 38.3 Å². The molecule has 2 rings (SSSR count). The van der Waals surface area contributed by atoms with Gasteiger partial charge in [-0.15, -0.1) is 0 Å². The van der Waals surface area contributed by atoms with Crippen LogP contribution in [0.3, 0.4) is 0 Å². The van der Waals surface area contributed by atoms with Crippen molar-refractivity contribution in [2.75, 3.05) is 6.54 Å². The van der Waals surface area contributed by atoms with Gasteiger partial charge in [-0.1, -0.05) is 36.8 Å². The number of rotatable bonds is 4. The molecule has 4 nitrogen and oxygen atoms in total. The number of hydrogen-bond donors (Lipinski definition) is 1. The number of benzene rings is 1. The van der Waals surface area contributed by atoms with Gasteiger partial charge in [0.2, 0.25) is 10.0 Å². The first-order valence-electron chi connectivity index (χ1n) is 7.01. The molecule has 0 saturated carbocycles. The van der Waals surface area contributed by atoms with Crippen LogP contribution in [0.1, 0.15) is 31.7 Å². The third-order valence-corrected chi connectivity index (χ3v) is 5.48. The minimum atomic E-state index is -3.42. The Bertz CT molecular complexity index is 554. The quantitative estimate of drug-likeness (QED) is 0.926. The lowest BCUT2D eigenvalue weighted by atomic mass is 10.00. The van der Waals surface area contributed by atoms with E-state index in [-0.39, 0.29) is 12.1 Å². The van der Waals surface area contributed by atoms with E-state index >= 15 is 0 Å². The van der Waals surface area contributed by atoms with Crippen LogP contribution >= 0.6 is 0 Å². The summed E-state index contributed by atoms with van der Waals surface area (Å²) in [5.74, 6) is 0. The Labute approximate surface area is 121 Å². The molecule has 0 aromatic heterocycles. The highest BCUT2D eigenvalue weighted by Gasteiger charge is 2.34.